The van der Waals surface area contributed by atoms with E-state index in [1.165, 1.54) is 0 Å². The highest BCUT2D eigenvalue weighted by Gasteiger charge is 2.17. The van der Waals surface area contributed by atoms with Crippen LogP contribution in [-0.4, -0.2) is 47.8 Å². The van der Waals surface area contributed by atoms with Gasteiger partial charge in [0.1, 0.15) is 5.82 Å². The molecule has 29 heavy (non-hydrogen) atoms. The van der Waals surface area contributed by atoms with Gasteiger partial charge in [0.25, 0.3) is 0 Å². The van der Waals surface area contributed by atoms with Crippen LogP contribution in [-0.2, 0) is 11.3 Å². The normalized spacial score (nSPS) is 12.0. The van der Waals surface area contributed by atoms with Crippen LogP contribution in [0.2, 0.25) is 0 Å². The lowest BCUT2D eigenvalue weighted by Crippen LogP contribution is -2.28. The van der Waals surface area contributed by atoms with Gasteiger partial charge >= 0.3 is 0 Å². The van der Waals surface area contributed by atoms with Crippen molar-refractivity contribution < 1.29 is 14.3 Å². The fraction of sp³-hybridized carbons (Fsp3) is 0.364. The molecule has 0 aliphatic heterocycles. The molecule has 1 N–H and O–H groups in total. The number of imidazole rings is 1. The zero-order valence-electron chi connectivity index (χ0n) is 17.5. The second-order valence-corrected chi connectivity index (χ2v) is 8.31. The minimum absolute atomic E-state index is 0.0761. The van der Waals surface area contributed by atoms with Gasteiger partial charge < -0.3 is 19.4 Å². The molecule has 1 heterocycles. The Balaban J connectivity index is 1.60. The van der Waals surface area contributed by atoms with Crippen LogP contribution >= 0.6 is 11.8 Å². The monoisotopic (exact) mass is 413 g/mol. The van der Waals surface area contributed by atoms with Gasteiger partial charge in [-0.3, -0.25) is 4.79 Å². The van der Waals surface area contributed by atoms with Gasteiger partial charge in [-0.1, -0.05) is 12.1 Å². The molecule has 0 radical (unpaired) electrons. The summed E-state index contributed by atoms with van der Waals surface area (Å²) in [6.45, 7) is 4.59. The van der Waals surface area contributed by atoms with Crippen LogP contribution in [0.3, 0.4) is 0 Å². The van der Waals surface area contributed by atoms with E-state index in [2.05, 4.69) is 16.9 Å². The Labute approximate surface area is 175 Å². The Hall–Kier alpha value is -2.67. The molecule has 0 aliphatic carbocycles. The number of aromatic nitrogens is 2. The van der Waals surface area contributed by atoms with E-state index >= 15 is 0 Å². The second kappa shape index (κ2) is 9.22. The van der Waals surface area contributed by atoms with E-state index in [1.807, 2.05) is 50.4 Å². The Kier molecular flexibility index (Phi) is 6.69. The highest BCUT2D eigenvalue weighted by Crippen LogP contribution is 2.31. The average Bonchev–Trinajstić information content (AvgIpc) is 3.17. The summed E-state index contributed by atoms with van der Waals surface area (Å²) in [7, 11) is 5.06. The molecule has 0 saturated carbocycles. The standard InChI is InChI=1S/C22H27N3O3S/c1-14-10-19(27-4)20(28-5)11-16(14)12-25(3)21(26)13-29-15(2)22-23-17-8-6-7-9-18(17)24-22/h6-11,15H,12-13H2,1-5H3,(H,23,24). The van der Waals surface area contributed by atoms with Gasteiger partial charge in [-0.15, -0.1) is 11.8 Å². The van der Waals surface area contributed by atoms with Gasteiger partial charge in [-0.2, -0.15) is 0 Å². The number of rotatable bonds is 8. The number of ether oxygens (including phenoxy) is 2. The largest absolute Gasteiger partial charge is 0.493 e. The van der Waals surface area contributed by atoms with E-state index in [4.69, 9.17) is 9.47 Å². The molecule has 3 rings (SSSR count). The van der Waals surface area contributed by atoms with E-state index in [0.29, 0.717) is 23.8 Å². The van der Waals surface area contributed by atoms with Crippen molar-refractivity contribution in [2.75, 3.05) is 27.0 Å². The Morgan fingerprint density at radius 3 is 2.59 bits per heavy atom. The zero-order chi connectivity index (χ0) is 21.0. The number of H-pyrrole nitrogens is 1. The quantitative estimate of drug-likeness (QED) is 0.595. The molecular formula is C22H27N3O3S. The number of hydrogen-bond acceptors (Lipinski definition) is 5. The number of carbonyl (C=O) groups excluding carboxylic acids is 1. The van der Waals surface area contributed by atoms with Crippen molar-refractivity contribution >= 4 is 28.7 Å². The number of benzene rings is 2. The Morgan fingerprint density at radius 1 is 1.21 bits per heavy atom. The number of amides is 1. The fourth-order valence-corrected chi connectivity index (χ4v) is 3.97. The topological polar surface area (TPSA) is 67.5 Å². The number of aromatic amines is 1. The molecule has 0 saturated heterocycles. The molecule has 3 aromatic rings. The lowest BCUT2D eigenvalue weighted by Gasteiger charge is -2.20. The van der Waals surface area contributed by atoms with Gasteiger partial charge in [-0.25, -0.2) is 4.98 Å². The SMILES string of the molecule is COc1cc(C)c(CN(C)C(=O)CSC(C)c2nc3ccccc3[nH]2)cc1OC. The molecule has 1 unspecified atom stereocenters. The van der Waals surface area contributed by atoms with Crippen molar-refractivity contribution in [1.82, 2.24) is 14.9 Å². The summed E-state index contributed by atoms with van der Waals surface area (Å²) >= 11 is 1.58. The van der Waals surface area contributed by atoms with Crippen LogP contribution in [0.15, 0.2) is 36.4 Å². The highest BCUT2D eigenvalue weighted by atomic mass is 32.2. The smallest absolute Gasteiger partial charge is 0.232 e. The number of para-hydroxylation sites is 2. The molecule has 154 valence electrons. The molecule has 7 heteroatoms. The number of fused-ring (bicyclic) bond motifs is 1. The van der Waals surface area contributed by atoms with Gasteiger partial charge in [0.15, 0.2) is 11.5 Å². The summed E-state index contributed by atoms with van der Waals surface area (Å²) in [5, 5.41) is 0.0996. The summed E-state index contributed by atoms with van der Waals surface area (Å²) in [4.78, 5) is 22.4. The van der Waals surface area contributed by atoms with Crippen molar-refractivity contribution in [3.63, 3.8) is 0 Å². The first kappa shape index (κ1) is 21.0. The summed E-state index contributed by atoms with van der Waals surface area (Å²) < 4.78 is 10.7. The van der Waals surface area contributed by atoms with E-state index < -0.39 is 0 Å². The maximum atomic E-state index is 12.7. The predicted molar refractivity (Wildman–Crippen MR) is 118 cm³/mol. The summed E-state index contributed by atoms with van der Waals surface area (Å²) in [5.74, 6) is 2.72. The number of nitrogens with zero attached hydrogens (tertiary/aromatic N) is 2. The first-order chi connectivity index (χ1) is 13.9. The number of methoxy groups -OCH3 is 2. The molecule has 0 spiro atoms. The number of hydrogen-bond donors (Lipinski definition) is 1. The van der Waals surface area contributed by atoms with Gasteiger partial charge in [0, 0.05) is 13.6 Å². The summed E-state index contributed by atoms with van der Waals surface area (Å²) in [6, 6.07) is 11.8. The first-order valence-electron chi connectivity index (χ1n) is 9.44. The van der Waals surface area contributed by atoms with Crippen LogP contribution in [0.1, 0.15) is 29.1 Å². The van der Waals surface area contributed by atoms with Gasteiger partial charge in [0.05, 0.1) is 36.3 Å². The molecule has 1 aromatic heterocycles. The molecule has 0 aliphatic rings. The van der Waals surface area contributed by atoms with Crippen molar-refractivity contribution in [1.29, 1.82) is 0 Å². The van der Waals surface area contributed by atoms with E-state index in [-0.39, 0.29) is 11.2 Å². The third-order valence-electron chi connectivity index (χ3n) is 4.92. The molecular weight excluding hydrogens is 386 g/mol. The summed E-state index contributed by atoms with van der Waals surface area (Å²) in [5.41, 5.74) is 4.06. The molecule has 1 atom stereocenters. The van der Waals surface area contributed by atoms with Crippen molar-refractivity contribution in [2.45, 2.75) is 25.6 Å². The number of thioether (sulfide) groups is 1. The van der Waals surface area contributed by atoms with Crippen LogP contribution in [0.25, 0.3) is 11.0 Å². The maximum absolute atomic E-state index is 12.7. The van der Waals surface area contributed by atoms with Crippen LogP contribution in [0, 0.1) is 6.92 Å². The van der Waals surface area contributed by atoms with Gasteiger partial charge in [0.2, 0.25) is 5.91 Å². The number of carbonyl (C=O) groups is 1. The van der Waals surface area contributed by atoms with Crippen LogP contribution in [0.4, 0.5) is 0 Å². The zero-order valence-corrected chi connectivity index (χ0v) is 18.3. The van der Waals surface area contributed by atoms with Crippen molar-refractivity contribution in [2.24, 2.45) is 0 Å². The van der Waals surface area contributed by atoms with Crippen LogP contribution < -0.4 is 9.47 Å². The van der Waals surface area contributed by atoms with Crippen molar-refractivity contribution in [3.8, 4) is 11.5 Å². The first-order valence-corrected chi connectivity index (χ1v) is 10.5. The fourth-order valence-electron chi connectivity index (χ4n) is 3.09. The van der Waals surface area contributed by atoms with Crippen molar-refractivity contribution in [3.05, 3.63) is 53.3 Å². The number of nitrogens with one attached hydrogen (secondary N) is 1. The maximum Gasteiger partial charge on any atom is 0.232 e. The molecule has 2 aromatic carbocycles. The third-order valence-corrected chi connectivity index (χ3v) is 6.06. The number of aryl methyl sites for hydroxylation is 1. The predicted octanol–water partition coefficient (Wildman–Crippen LogP) is 4.34. The molecule has 1 amide bonds. The second-order valence-electron chi connectivity index (χ2n) is 6.98. The molecule has 6 nitrogen and oxygen atoms in total. The molecule has 0 bridgehead atoms. The Morgan fingerprint density at radius 2 is 1.90 bits per heavy atom. The lowest BCUT2D eigenvalue weighted by atomic mass is 10.1. The van der Waals surface area contributed by atoms with Crippen LogP contribution in [0.5, 0.6) is 11.5 Å². The average molecular weight is 414 g/mol. The van der Waals surface area contributed by atoms with E-state index in [1.54, 1.807) is 30.9 Å². The minimum atomic E-state index is 0.0761. The molecule has 0 fully saturated rings. The van der Waals surface area contributed by atoms with Gasteiger partial charge in [-0.05, 0) is 49.2 Å². The minimum Gasteiger partial charge on any atom is -0.493 e. The summed E-state index contributed by atoms with van der Waals surface area (Å²) in [6.07, 6.45) is 0. The highest BCUT2D eigenvalue weighted by molar-refractivity contribution is 8.00. The Bertz CT molecular complexity index is 969. The third kappa shape index (κ3) is 4.85. The van der Waals surface area contributed by atoms with E-state index in [9.17, 15) is 4.79 Å². The lowest BCUT2D eigenvalue weighted by molar-refractivity contribution is -0.127. The van der Waals surface area contributed by atoms with E-state index in [0.717, 1.165) is 28.0 Å².